The SMILES string of the molecule is CCCCCCCCCCCCOC(=O)[C@H](C)NC(=O)OCC(C)C. The Hall–Kier alpha value is -1.26. The second kappa shape index (κ2) is 16.2. The molecule has 0 rings (SSSR count). The van der Waals surface area contributed by atoms with E-state index in [1.807, 2.05) is 13.8 Å². The normalized spacial score (nSPS) is 12.0. The number of esters is 1. The minimum absolute atomic E-state index is 0.268. The maximum atomic E-state index is 11.8. The quantitative estimate of drug-likeness (QED) is 0.322. The van der Waals surface area contributed by atoms with E-state index in [0.29, 0.717) is 13.2 Å². The summed E-state index contributed by atoms with van der Waals surface area (Å²) in [6.07, 6.45) is 11.9. The third kappa shape index (κ3) is 16.0. The predicted octanol–water partition coefficient (Wildman–Crippen LogP) is 5.22. The van der Waals surface area contributed by atoms with E-state index in [4.69, 9.17) is 9.47 Å². The average Bonchev–Trinajstić information content (AvgIpc) is 2.57. The number of amides is 1. The molecule has 0 aliphatic rings. The number of nitrogens with one attached hydrogen (secondary N) is 1. The molecule has 1 N–H and O–H groups in total. The van der Waals surface area contributed by atoms with Crippen molar-refractivity contribution in [1.29, 1.82) is 0 Å². The number of rotatable bonds is 15. The summed E-state index contributed by atoms with van der Waals surface area (Å²) in [5.74, 6) is -0.137. The lowest BCUT2D eigenvalue weighted by atomic mass is 10.1. The van der Waals surface area contributed by atoms with Gasteiger partial charge >= 0.3 is 12.1 Å². The van der Waals surface area contributed by atoms with Crippen LogP contribution >= 0.6 is 0 Å². The molecule has 0 radical (unpaired) electrons. The molecule has 0 saturated heterocycles. The lowest BCUT2D eigenvalue weighted by Crippen LogP contribution is -2.40. The first-order valence-electron chi connectivity index (χ1n) is 10.1. The third-order valence-corrected chi connectivity index (χ3v) is 3.98. The highest BCUT2D eigenvalue weighted by Gasteiger charge is 2.17. The predicted molar refractivity (Wildman–Crippen MR) is 102 cm³/mol. The molecule has 0 heterocycles. The van der Waals surface area contributed by atoms with Gasteiger partial charge in [-0.25, -0.2) is 9.59 Å². The van der Waals surface area contributed by atoms with E-state index in [-0.39, 0.29) is 5.92 Å². The average molecular weight is 358 g/mol. The van der Waals surface area contributed by atoms with Crippen LogP contribution in [0.2, 0.25) is 0 Å². The highest BCUT2D eigenvalue weighted by molar-refractivity contribution is 5.80. The van der Waals surface area contributed by atoms with Gasteiger partial charge in [0.25, 0.3) is 0 Å². The molecule has 1 atom stereocenters. The molecule has 0 saturated carbocycles. The Morgan fingerprint density at radius 1 is 0.800 bits per heavy atom. The summed E-state index contributed by atoms with van der Waals surface area (Å²) in [5, 5.41) is 2.49. The number of carbonyl (C=O) groups excluding carboxylic acids is 2. The van der Waals surface area contributed by atoms with Crippen LogP contribution in [0, 0.1) is 5.92 Å². The summed E-state index contributed by atoms with van der Waals surface area (Å²) in [7, 11) is 0. The van der Waals surface area contributed by atoms with Gasteiger partial charge in [0.15, 0.2) is 0 Å². The summed E-state index contributed by atoms with van der Waals surface area (Å²) in [6, 6.07) is -0.678. The molecule has 1 amide bonds. The lowest BCUT2D eigenvalue weighted by molar-refractivity contribution is -0.145. The lowest BCUT2D eigenvalue weighted by Gasteiger charge is -2.14. The first-order valence-corrected chi connectivity index (χ1v) is 10.1. The zero-order valence-electron chi connectivity index (χ0n) is 16.8. The molecule has 0 fully saturated rings. The van der Waals surface area contributed by atoms with Crippen molar-refractivity contribution < 1.29 is 19.1 Å². The van der Waals surface area contributed by atoms with E-state index in [1.54, 1.807) is 6.92 Å². The number of unbranched alkanes of at least 4 members (excludes halogenated alkanes) is 9. The molecule has 0 spiro atoms. The van der Waals surface area contributed by atoms with Crippen LogP contribution in [0.4, 0.5) is 4.79 Å². The van der Waals surface area contributed by atoms with Crippen LogP contribution in [0.25, 0.3) is 0 Å². The Kier molecular flexibility index (Phi) is 15.4. The van der Waals surface area contributed by atoms with Crippen molar-refractivity contribution in [2.75, 3.05) is 13.2 Å². The van der Waals surface area contributed by atoms with E-state index in [9.17, 15) is 9.59 Å². The largest absolute Gasteiger partial charge is 0.464 e. The molecular formula is C20H39NO4. The van der Waals surface area contributed by atoms with Gasteiger partial charge in [-0.05, 0) is 19.3 Å². The number of hydrogen-bond acceptors (Lipinski definition) is 4. The van der Waals surface area contributed by atoms with Crippen molar-refractivity contribution in [3.8, 4) is 0 Å². The van der Waals surface area contributed by atoms with Crippen LogP contribution in [0.3, 0.4) is 0 Å². The van der Waals surface area contributed by atoms with Crippen molar-refractivity contribution in [1.82, 2.24) is 5.32 Å². The molecule has 0 aromatic heterocycles. The fourth-order valence-corrected chi connectivity index (χ4v) is 2.41. The van der Waals surface area contributed by atoms with Crippen molar-refractivity contribution in [2.45, 2.75) is 97.9 Å². The second-order valence-corrected chi connectivity index (χ2v) is 7.21. The van der Waals surface area contributed by atoms with Crippen molar-refractivity contribution in [2.24, 2.45) is 5.92 Å². The summed E-state index contributed by atoms with van der Waals surface area (Å²) in [4.78, 5) is 23.3. The van der Waals surface area contributed by atoms with Crippen LogP contribution in [0.5, 0.6) is 0 Å². The molecule has 0 aliphatic heterocycles. The highest BCUT2D eigenvalue weighted by Crippen LogP contribution is 2.10. The summed E-state index contributed by atoms with van der Waals surface area (Å²) in [6.45, 7) is 8.52. The summed E-state index contributed by atoms with van der Waals surface area (Å²) in [5.41, 5.74) is 0. The molecule has 25 heavy (non-hydrogen) atoms. The molecule has 0 unspecified atom stereocenters. The van der Waals surface area contributed by atoms with Crippen molar-refractivity contribution in [3.05, 3.63) is 0 Å². The van der Waals surface area contributed by atoms with Crippen molar-refractivity contribution in [3.63, 3.8) is 0 Å². The molecule has 148 valence electrons. The molecule has 0 aliphatic carbocycles. The van der Waals surface area contributed by atoms with Gasteiger partial charge < -0.3 is 14.8 Å². The molecule has 5 nitrogen and oxygen atoms in total. The Morgan fingerprint density at radius 2 is 1.32 bits per heavy atom. The summed E-state index contributed by atoms with van der Waals surface area (Å²) < 4.78 is 10.2. The zero-order valence-corrected chi connectivity index (χ0v) is 16.8. The van der Waals surface area contributed by atoms with E-state index < -0.39 is 18.1 Å². The minimum Gasteiger partial charge on any atom is -0.464 e. The van der Waals surface area contributed by atoms with E-state index >= 15 is 0 Å². The maximum Gasteiger partial charge on any atom is 0.407 e. The van der Waals surface area contributed by atoms with Gasteiger partial charge in [0, 0.05) is 0 Å². The fourth-order valence-electron chi connectivity index (χ4n) is 2.41. The van der Waals surface area contributed by atoms with Crippen LogP contribution in [0.1, 0.15) is 91.9 Å². The number of ether oxygens (including phenoxy) is 2. The van der Waals surface area contributed by atoms with Gasteiger partial charge in [-0.1, -0.05) is 78.6 Å². The zero-order chi connectivity index (χ0) is 18.9. The van der Waals surface area contributed by atoms with Gasteiger partial charge in [0.2, 0.25) is 0 Å². The Bertz CT molecular complexity index is 345. The van der Waals surface area contributed by atoms with E-state index in [1.165, 1.54) is 51.4 Å². The molecular weight excluding hydrogens is 318 g/mol. The molecule has 0 aromatic carbocycles. The van der Waals surface area contributed by atoms with Gasteiger partial charge in [0.05, 0.1) is 13.2 Å². The standard InChI is InChI=1S/C20H39NO4/c1-5-6-7-8-9-10-11-12-13-14-15-24-19(22)18(4)21-20(23)25-16-17(2)3/h17-18H,5-16H2,1-4H3,(H,21,23)/t18-/m0/s1. The van der Waals surface area contributed by atoms with Gasteiger partial charge in [-0.3, -0.25) is 0 Å². The Labute approximate surface area is 154 Å². The Morgan fingerprint density at radius 3 is 1.84 bits per heavy atom. The van der Waals surface area contributed by atoms with Crippen LogP contribution in [-0.2, 0) is 14.3 Å². The maximum absolute atomic E-state index is 11.8. The molecule has 5 heteroatoms. The topological polar surface area (TPSA) is 64.6 Å². The first-order chi connectivity index (χ1) is 12.0. The van der Waals surface area contributed by atoms with E-state index in [2.05, 4.69) is 12.2 Å². The van der Waals surface area contributed by atoms with Gasteiger partial charge in [0.1, 0.15) is 6.04 Å². The Balaban J connectivity index is 3.49. The minimum atomic E-state index is -0.678. The fraction of sp³-hybridized carbons (Fsp3) is 0.900. The second-order valence-electron chi connectivity index (χ2n) is 7.21. The molecule has 0 bridgehead atoms. The van der Waals surface area contributed by atoms with Gasteiger partial charge in [-0.15, -0.1) is 0 Å². The van der Waals surface area contributed by atoms with Gasteiger partial charge in [-0.2, -0.15) is 0 Å². The van der Waals surface area contributed by atoms with E-state index in [0.717, 1.165) is 12.8 Å². The molecule has 0 aromatic rings. The number of hydrogen-bond donors (Lipinski definition) is 1. The number of carbonyl (C=O) groups is 2. The summed E-state index contributed by atoms with van der Waals surface area (Å²) >= 11 is 0. The monoisotopic (exact) mass is 357 g/mol. The first kappa shape index (κ1) is 23.7. The van der Waals surface area contributed by atoms with Crippen LogP contribution in [0.15, 0.2) is 0 Å². The third-order valence-electron chi connectivity index (χ3n) is 3.98. The highest BCUT2D eigenvalue weighted by atomic mass is 16.6. The van der Waals surface area contributed by atoms with Crippen LogP contribution in [-0.4, -0.2) is 31.3 Å². The number of alkyl carbamates (subject to hydrolysis) is 1. The smallest absolute Gasteiger partial charge is 0.407 e. The van der Waals surface area contributed by atoms with Crippen LogP contribution < -0.4 is 5.32 Å². The van der Waals surface area contributed by atoms with Crippen molar-refractivity contribution >= 4 is 12.1 Å².